The van der Waals surface area contributed by atoms with Gasteiger partial charge in [0.05, 0.1) is 6.54 Å². The predicted molar refractivity (Wildman–Crippen MR) is 88.3 cm³/mol. The first-order valence-corrected chi connectivity index (χ1v) is 8.72. The van der Waals surface area contributed by atoms with Crippen LogP contribution in [0.25, 0.3) is 0 Å². The summed E-state index contributed by atoms with van der Waals surface area (Å²) in [4.78, 5) is 2.56. The lowest BCUT2D eigenvalue weighted by Crippen LogP contribution is -2.36. The highest BCUT2D eigenvalue weighted by molar-refractivity contribution is 7.15. The van der Waals surface area contributed by atoms with Gasteiger partial charge in [0.25, 0.3) is 0 Å². The molecular formula is C15H30N4S. The molecular weight excluding hydrogens is 268 g/mol. The van der Waals surface area contributed by atoms with Crippen LogP contribution in [0.1, 0.15) is 58.9 Å². The lowest BCUT2D eigenvalue weighted by Gasteiger charge is -2.30. The first-order valence-electron chi connectivity index (χ1n) is 7.90. The normalized spacial score (nSPS) is 11.8. The molecule has 0 radical (unpaired) electrons. The molecule has 1 aromatic rings. The fourth-order valence-corrected chi connectivity index (χ4v) is 3.20. The van der Waals surface area contributed by atoms with Gasteiger partial charge in [-0.15, -0.1) is 10.2 Å². The van der Waals surface area contributed by atoms with E-state index in [4.69, 9.17) is 0 Å². The number of rotatable bonds is 10. The molecule has 0 amide bonds. The van der Waals surface area contributed by atoms with Crippen molar-refractivity contribution in [2.24, 2.45) is 5.92 Å². The number of hydrogen-bond donors (Lipinski definition) is 1. The molecule has 0 atom stereocenters. The maximum atomic E-state index is 4.33. The van der Waals surface area contributed by atoms with E-state index in [0.717, 1.165) is 36.2 Å². The smallest absolute Gasteiger partial charge is 0.205 e. The summed E-state index contributed by atoms with van der Waals surface area (Å²) in [5.41, 5.74) is 0. The van der Waals surface area contributed by atoms with E-state index in [2.05, 4.69) is 55.0 Å². The summed E-state index contributed by atoms with van der Waals surface area (Å²) in [6.45, 7) is 14.3. The second-order valence-corrected chi connectivity index (χ2v) is 6.78. The van der Waals surface area contributed by atoms with E-state index in [9.17, 15) is 0 Å². The van der Waals surface area contributed by atoms with Gasteiger partial charge in [-0.3, -0.25) is 4.90 Å². The summed E-state index contributed by atoms with van der Waals surface area (Å²) in [6.07, 6.45) is 3.51. The van der Waals surface area contributed by atoms with Crippen LogP contribution in [0, 0.1) is 5.92 Å². The standard InChI is InChI=1S/C15H30N4S/c1-6-9-16-15-18-17-14(20-15)11-19(10-12(4)5)13(7-2)8-3/h12-13H,6-11H2,1-5H3,(H,16,18). The Morgan fingerprint density at radius 3 is 2.40 bits per heavy atom. The van der Waals surface area contributed by atoms with Crippen LogP contribution in [-0.2, 0) is 6.54 Å². The van der Waals surface area contributed by atoms with Crippen LogP contribution in [0.5, 0.6) is 0 Å². The van der Waals surface area contributed by atoms with Gasteiger partial charge in [-0.05, 0) is 25.2 Å². The van der Waals surface area contributed by atoms with E-state index < -0.39 is 0 Å². The topological polar surface area (TPSA) is 41.1 Å². The van der Waals surface area contributed by atoms with E-state index >= 15 is 0 Å². The average Bonchev–Trinajstić information content (AvgIpc) is 2.84. The van der Waals surface area contributed by atoms with Crippen molar-refractivity contribution in [3.05, 3.63) is 5.01 Å². The van der Waals surface area contributed by atoms with Gasteiger partial charge in [0.2, 0.25) is 5.13 Å². The Labute approximate surface area is 128 Å². The first kappa shape index (κ1) is 17.4. The molecule has 1 aromatic heterocycles. The summed E-state index contributed by atoms with van der Waals surface area (Å²) in [6, 6.07) is 0.647. The van der Waals surface area contributed by atoms with Crippen molar-refractivity contribution in [3.8, 4) is 0 Å². The Kier molecular flexibility index (Phi) is 8.07. The van der Waals surface area contributed by atoms with E-state index in [1.54, 1.807) is 11.3 Å². The van der Waals surface area contributed by atoms with Crippen molar-refractivity contribution in [1.82, 2.24) is 15.1 Å². The van der Waals surface area contributed by atoms with Crippen molar-refractivity contribution < 1.29 is 0 Å². The molecule has 1 heterocycles. The number of anilines is 1. The molecule has 0 aromatic carbocycles. The van der Waals surface area contributed by atoms with Crippen LogP contribution in [0.2, 0.25) is 0 Å². The van der Waals surface area contributed by atoms with Crippen LogP contribution < -0.4 is 5.32 Å². The van der Waals surface area contributed by atoms with Crippen molar-refractivity contribution in [3.63, 3.8) is 0 Å². The van der Waals surface area contributed by atoms with Crippen LogP contribution >= 0.6 is 11.3 Å². The number of aromatic nitrogens is 2. The molecule has 0 aliphatic carbocycles. The molecule has 0 unspecified atom stereocenters. The summed E-state index contributed by atoms with van der Waals surface area (Å²) in [7, 11) is 0. The van der Waals surface area contributed by atoms with Crippen LogP contribution in [0.4, 0.5) is 5.13 Å². The number of hydrogen-bond acceptors (Lipinski definition) is 5. The minimum atomic E-state index is 0.647. The molecule has 1 rings (SSSR count). The van der Waals surface area contributed by atoms with Crippen LogP contribution in [0.15, 0.2) is 0 Å². The molecule has 0 spiro atoms. The molecule has 0 bridgehead atoms. The molecule has 116 valence electrons. The van der Waals surface area contributed by atoms with E-state index in [0.29, 0.717) is 12.0 Å². The van der Waals surface area contributed by atoms with E-state index in [1.165, 1.54) is 12.8 Å². The zero-order chi connectivity index (χ0) is 15.0. The Balaban J connectivity index is 2.65. The Bertz CT molecular complexity index is 361. The highest BCUT2D eigenvalue weighted by atomic mass is 32.1. The summed E-state index contributed by atoms with van der Waals surface area (Å²) in [5.74, 6) is 0.682. The first-order chi connectivity index (χ1) is 9.60. The van der Waals surface area contributed by atoms with Crippen molar-refractivity contribution in [2.45, 2.75) is 66.5 Å². The van der Waals surface area contributed by atoms with Crippen LogP contribution in [0.3, 0.4) is 0 Å². The monoisotopic (exact) mass is 298 g/mol. The minimum Gasteiger partial charge on any atom is -0.360 e. The molecule has 0 aliphatic heterocycles. The highest BCUT2D eigenvalue weighted by Gasteiger charge is 2.18. The number of nitrogens with zero attached hydrogens (tertiary/aromatic N) is 3. The van der Waals surface area contributed by atoms with Gasteiger partial charge >= 0.3 is 0 Å². The van der Waals surface area contributed by atoms with E-state index in [1.807, 2.05) is 0 Å². The Morgan fingerprint density at radius 1 is 1.15 bits per heavy atom. The molecule has 5 heteroatoms. The van der Waals surface area contributed by atoms with Crippen LogP contribution in [-0.4, -0.2) is 34.2 Å². The lowest BCUT2D eigenvalue weighted by atomic mass is 10.1. The second kappa shape index (κ2) is 9.29. The summed E-state index contributed by atoms with van der Waals surface area (Å²) >= 11 is 1.69. The third-order valence-electron chi connectivity index (χ3n) is 3.39. The second-order valence-electron chi connectivity index (χ2n) is 5.72. The zero-order valence-corrected chi connectivity index (χ0v) is 14.5. The fourth-order valence-electron chi connectivity index (χ4n) is 2.41. The maximum Gasteiger partial charge on any atom is 0.205 e. The van der Waals surface area contributed by atoms with Gasteiger partial charge in [-0.25, -0.2) is 0 Å². The zero-order valence-electron chi connectivity index (χ0n) is 13.6. The highest BCUT2D eigenvalue weighted by Crippen LogP contribution is 2.20. The van der Waals surface area contributed by atoms with Crippen molar-refractivity contribution in [1.29, 1.82) is 0 Å². The summed E-state index contributed by atoms with van der Waals surface area (Å²) in [5, 5.41) is 13.9. The maximum absolute atomic E-state index is 4.33. The van der Waals surface area contributed by atoms with Gasteiger partial charge in [0.1, 0.15) is 5.01 Å². The Morgan fingerprint density at radius 2 is 1.85 bits per heavy atom. The SMILES string of the molecule is CCCNc1nnc(CN(CC(C)C)C(CC)CC)s1. The molecule has 0 fully saturated rings. The van der Waals surface area contributed by atoms with Gasteiger partial charge in [-0.1, -0.05) is 46.0 Å². The third-order valence-corrected chi connectivity index (χ3v) is 4.26. The molecule has 1 N–H and O–H groups in total. The quantitative estimate of drug-likeness (QED) is 0.708. The fraction of sp³-hybridized carbons (Fsp3) is 0.867. The number of nitrogens with one attached hydrogen (secondary N) is 1. The van der Waals surface area contributed by atoms with Gasteiger partial charge in [-0.2, -0.15) is 0 Å². The van der Waals surface area contributed by atoms with Gasteiger partial charge in [0.15, 0.2) is 0 Å². The Hall–Kier alpha value is -0.680. The predicted octanol–water partition coefficient (Wildman–Crippen LogP) is 4.01. The third kappa shape index (κ3) is 5.75. The molecule has 0 aliphatic rings. The molecule has 4 nitrogen and oxygen atoms in total. The van der Waals surface area contributed by atoms with Gasteiger partial charge < -0.3 is 5.32 Å². The lowest BCUT2D eigenvalue weighted by molar-refractivity contribution is 0.157. The van der Waals surface area contributed by atoms with Crippen molar-refractivity contribution in [2.75, 3.05) is 18.4 Å². The summed E-state index contributed by atoms with van der Waals surface area (Å²) < 4.78 is 0. The average molecular weight is 298 g/mol. The largest absolute Gasteiger partial charge is 0.360 e. The van der Waals surface area contributed by atoms with Gasteiger partial charge in [0, 0.05) is 19.1 Å². The molecule has 0 saturated heterocycles. The molecule has 0 saturated carbocycles. The van der Waals surface area contributed by atoms with E-state index in [-0.39, 0.29) is 0 Å². The van der Waals surface area contributed by atoms with Crippen molar-refractivity contribution >= 4 is 16.5 Å². The minimum absolute atomic E-state index is 0.647. The molecule has 20 heavy (non-hydrogen) atoms.